The zero-order valence-corrected chi connectivity index (χ0v) is 36.2. The summed E-state index contributed by atoms with van der Waals surface area (Å²) in [6.07, 6.45) is 2.31. The largest absolute Gasteiger partial charge is 0.376 e. The number of anilines is 5. The highest BCUT2D eigenvalue weighted by Crippen LogP contribution is 2.54. The molecule has 2 nitrogen and oxygen atoms in total. The van der Waals surface area contributed by atoms with Crippen molar-refractivity contribution < 1.29 is 0 Å². The van der Waals surface area contributed by atoms with Crippen LogP contribution >= 0.6 is 0 Å². The Morgan fingerprint density at radius 2 is 1.00 bits per heavy atom. The molecule has 1 aliphatic carbocycles. The van der Waals surface area contributed by atoms with Gasteiger partial charge in [0.2, 0.25) is 0 Å². The van der Waals surface area contributed by atoms with Crippen LogP contribution in [0.4, 0.5) is 28.4 Å². The molecule has 0 amide bonds. The van der Waals surface area contributed by atoms with Crippen LogP contribution in [0.3, 0.4) is 0 Å². The number of rotatable bonds is 4. The maximum Gasteiger partial charge on any atom is 0.333 e. The van der Waals surface area contributed by atoms with E-state index in [0.29, 0.717) is 0 Å². The Bertz CT molecular complexity index is 3260. The van der Waals surface area contributed by atoms with Crippen LogP contribution in [0.1, 0.15) is 57.2 Å². The highest BCUT2D eigenvalue weighted by Gasteiger charge is 2.48. The van der Waals surface area contributed by atoms with Crippen molar-refractivity contribution in [2.45, 2.75) is 58.3 Å². The molecule has 2 heterocycles. The minimum atomic E-state index is -0.0872. The average Bonchev–Trinajstić information content (AvgIpc) is 3.31. The van der Waals surface area contributed by atoms with Crippen LogP contribution in [0.5, 0.6) is 0 Å². The maximum absolute atomic E-state index is 2.69. The normalized spacial score (nSPS) is 15.5. The summed E-state index contributed by atoms with van der Waals surface area (Å²) in [5, 5.41) is 5.08. The third-order valence-corrected chi connectivity index (χ3v) is 14.6. The van der Waals surface area contributed by atoms with Crippen LogP contribution in [-0.2, 0) is 10.8 Å². The van der Waals surface area contributed by atoms with Gasteiger partial charge in [-0.1, -0.05) is 173 Å². The van der Waals surface area contributed by atoms with Crippen LogP contribution < -0.4 is 20.6 Å². The number of hydrogen-bond acceptors (Lipinski definition) is 2. The van der Waals surface area contributed by atoms with Gasteiger partial charge in [0.1, 0.15) is 0 Å². The summed E-state index contributed by atoms with van der Waals surface area (Å²) in [5.41, 5.74) is 20.7. The van der Waals surface area contributed by atoms with Gasteiger partial charge in [-0.15, -0.1) is 0 Å². The molecule has 0 bridgehead atoms. The fourth-order valence-corrected chi connectivity index (χ4v) is 11.2. The topological polar surface area (TPSA) is 6.48 Å². The molecule has 0 saturated carbocycles. The average molecular weight is 797 g/mol. The zero-order chi connectivity index (χ0) is 41.9. The minimum Gasteiger partial charge on any atom is -0.376 e. The Morgan fingerprint density at radius 3 is 1.69 bits per heavy atom. The van der Waals surface area contributed by atoms with E-state index in [-0.39, 0.29) is 17.7 Å². The summed E-state index contributed by atoms with van der Waals surface area (Å²) < 4.78 is 0. The Balaban J connectivity index is 1.23. The molecule has 0 atom stereocenters. The molecule has 3 heteroatoms. The fourth-order valence-electron chi connectivity index (χ4n) is 11.2. The summed E-state index contributed by atoms with van der Waals surface area (Å²) in [5.74, 6) is 0. The van der Waals surface area contributed by atoms with E-state index < -0.39 is 0 Å². The molecule has 298 valence electrons. The van der Waals surface area contributed by atoms with Crippen LogP contribution in [0.15, 0.2) is 182 Å². The van der Waals surface area contributed by atoms with Gasteiger partial charge >= 0.3 is 6.85 Å². The van der Waals surface area contributed by atoms with E-state index in [1.807, 2.05) is 0 Å². The van der Waals surface area contributed by atoms with E-state index in [2.05, 4.69) is 226 Å². The van der Waals surface area contributed by atoms with E-state index in [1.165, 1.54) is 111 Å². The highest BCUT2D eigenvalue weighted by molar-refractivity contribution is 6.94. The maximum atomic E-state index is 2.69. The first-order valence-electron chi connectivity index (χ1n) is 22.3. The van der Waals surface area contributed by atoms with Crippen LogP contribution in [0, 0.1) is 6.92 Å². The minimum absolute atomic E-state index is 0.0330. The van der Waals surface area contributed by atoms with Crippen LogP contribution in [0.25, 0.3) is 54.9 Å². The van der Waals surface area contributed by atoms with Gasteiger partial charge < -0.3 is 9.71 Å². The second-order valence-corrected chi connectivity index (χ2v) is 19.2. The SMILES string of the molecule is Cc1ccc(-c2ccccc2)cc1N1c2cc3c(cc2B2c4c1cc1ccccc1c4-c1c(ccc4ccccc14)N2c1ccc(-c2ccccc2)cc1)C(C)(C)CCC3(C)C. The summed E-state index contributed by atoms with van der Waals surface area (Å²) in [6.45, 7) is 12.1. The predicted octanol–water partition coefficient (Wildman–Crippen LogP) is 14.7. The predicted molar refractivity (Wildman–Crippen MR) is 266 cm³/mol. The van der Waals surface area contributed by atoms with Crippen molar-refractivity contribution in [3.63, 3.8) is 0 Å². The van der Waals surface area contributed by atoms with Gasteiger partial charge in [0.15, 0.2) is 0 Å². The van der Waals surface area contributed by atoms with Crippen molar-refractivity contribution >= 4 is 67.8 Å². The number of nitrogens with zero attached hydrogens (tertiary/aromatic N) is 2. The number of aryl methyl sites for hydroxylation is 1. The molecule has 12 rings (SSSR count). The molecule has 0 unspecified atom stereocenters. The lowest BCUT2D eigenvalue weighted by molar-refractivity contribution is 0.332. The van der Waals surface area contributed by atoms with Gasteiger partial charge in [-0.3, -0.25) is 0 Å². The molecule has 3 aliphatic rings. The third-order valence-electron chi connectivity index (χ3n) is 14.6. The molecule has 0 aromatic heterocycles. The second-order valence-electron chi connectivity index (χ2n) is 19.2. The van der Waals surface area contributed by atoms with E-state index in [1.54, 1.807) is 0 Å². The lowest BCUT2D eigenvalue weighted by Gasteiger charge is -2.49. The van der Waals surface area contributed by atoms with Gasteiger partial charge in [-0.05, 0) is 144 Å². The Labute approximate surface area is 366 Å². The molecule has 0 fully saturated rings. The van der Waals surface area contributed by atoms with Gasteiger partial charge in [0, 0.05) is 34.0 Å². The van der Waals surface area contributed by atoms with Crippen molar-refractivity contribution in [2.24, 2.45) is 0 Å². The van der Waals surface area contributed by atoms with Crippen molar-refractivity contribution in [3.8, 4) is 33.4 Å². The summed E-state index contributed by atoms with van der Waals surface area (Å²) in [6, 6.07) is 68.6. The molecule has 9 aromatic rings. The number of benzene rings is 9. The van der Waals surface area contributed by atoms with Gasteiger partial charge in [0.25, 0.3) is 0 Å². The van der Waals surface area contributed by atoms with Crippen molar-refractivity contribution in [2.75, 3.05) is 9.71 Å². The zero-order valence-electron chi connectivity index (χ0n) is 36.2. The van der Waals surface area contributed by atoms with Crippen LogP contribution in [0.2, 0.25) is 0 Å². The Morgan fingerprint density at radius 1 is 0.435 bits per heavy atom. The summed E-state index contributed by atoms with van der Waals surface area (Å²) in [7, 11) is 0. The summed E-state index contributed by atoms with van der Waals surface area (Å²) in [4.78, 5) is 5.34. The van der Waals surface area contributed by atoms with Crippen molar-refractivity contribution in [1.82, 2.24) is 0 Å². The number of fused-ring (bicyclic) bond motifs is 9. The molecule has 0 N–H and O–H groups in total. The fraction of sp³-hybridized carbons (Fsp3) is 0.153. The third kappa shape index (κ3) is 5.50. The molecular formula is C59H49BN2. The molecule has 2 aliphatic heterocycles. The Hall–Kier alpha value is -6.84. The quantitative estimate of drug-likeness (QED) is 0.164. The monoisotopic (exact) mass is 796 g/mol. The summed E-state index contributed by atoms with van der Waals surface area (Å²) >= 11 is 0. The lowest BCUT2D eigenvalue weighted by atomic mass is 9.42. The molecule has 0 radical (unpaired) electrons. The molecule has 62 heavy (non-hydrogen) atoms. The lowest BCUT2D eigenvalue weighted by Crippen LogP contribution is -2.62. The van der Waals surface area contributed by atoms with Gasteiger partial charge in [0.05, 0.1) is 0 Å². The number of hydrogen-bond donors (Lipinski definition) is 0. The molecular weight excluding hydrogens is 747 g/mol. The van der Waals surface area contributed by atoms with E-state index >= 15 is 0 Å². The smallest absolute Gasteiger partial charge is 0.333 e. The molecule has 9 aromatic carbocycles. The van der Waals surface area contributed by atoms with E-state index in [4.69, 9.17) is 0 Å². The standard InChI is InChI=1S/C59H49BN2/c1-38-24-25-43(40-18-10-7-11-19-40)34-52(38)61-53-37-49-48(58(2,3)32-33-59(49,4)5)36-50(53)60-57-54(61)35-44-21-13-15-23-47(44)56(57)55-46-22-14-12-20-42(46)28-31-51(55)62(60)45-29-26-41(27-30-45)39-16-8-6-9-17-39/h6-31,34-37H,32-33H2,1-5H3. The van der Waals surface area contributed by atoms with Gasteiger partial charge in [-0.25, -0.2) is 0 Å². The molecule has 0 saturated heterocycles. The van der Waals surface area contributed by atoms with Crippen LogP contribution in [-0.4, -0.2) is 6.85 Å². The first kappa shape index (κ1) is 37.0. The second kappa shape index (κ2) is 13.6. The van der Waals surface area contributed by atoms with Crippen molar-refractivity contribution in [3.05, 3.63) is 199 Å². The van der Waals surface area contributed by atoms with Gasteiger partial charge in [-0.2, -0.15) is 0 Å². The Kier molecular flexibility index (Phi) is 8.10. The van der Waals surface area contributed by atoms with Crippen molar-refractivity contribution in [1.29, 1.82) is 0 Å². The first-order chi connectivity index (χ1) is 30.2. The first-order valence-corrected chi connectivity index (χ1v) is 22.3. The van der Waals surface area contributed by atoms with E-state index in [9.17, 15) is 0 Å². The molecule has 0 spiro atoms. The highest BCUT2D eigenvalue weighted by atomic mass is 15.2. The van der Waals surface area contributed by atoms with E-state index in [0.717, 1.165) is 12.8 Å².